The molecular weight excluding hydrogens is 284 g/mol. The fourth-order valence-electron chi connectivity index (χ4n) is 1.95. The van der Waals surface area contributed by atoms with Gasteiger partial charge >= 0.3 is 5.97 Å². The number of aliphatic carboxylic acids is 1. The van der Waals surface area contributed by atoms with Crippen molar-refractivity contribution in [2.24, 2.45) is 0 Å². The molecule has 7 heteroatoms. The molecule has 0 radical (unpaired) electrons. The molecule has 22 heavy (non-hydrogen) atoms. The zero-order valence-corrected chi connectivity index (χ0v) is 12.3. The van der Waals surface area contributed by atoms with Crippen LogP contribution in [0.5, 0.6) is 0 Å². The van der Waals surface area contributed by atoms with Gasteiger partial charge in [0.05, 0.1) is 11.9 Å². The van der Waals surface area contributed by atoms with Crippen LogP contribution in [0.4, 0.5) is 0 Å². The van der Waals surface area contributed by atoms with Crippen molar-refractivity contribution in [3.8, 4) is 5.69 Å². The number of para-hydroxylation sites is 1. The van der Waals surface area contributed by atoms with Crippen molar-refractivity contribution < 1.29 is 14.7 Å². The summed E-state index contributed by atoms with van der Waals surface area (Å²) in [5.74, 6) is -1.58. The summed E-state index contributed by atoms with van der Waals surface area (Å²) in [7, 11) is 0. The summed E-state index contributed by atoms with van der Waals surface area (Å²) in [5, 5.41) is 19.7. The monoisotopic (exact) mass is 302 g/mol. The fraction of sp³-hybridized carbons (Fsp3) is 0.333. The molecular formula is C15H18N4O3. The van der Waals surface area contributed by atoms with E-state index in [9.17, 15) is 9.59 Å². The number of hydrogen-bond donors (Lipinski definition) is 2. The van der Waals surface area contributed by atoms with Gasteiger partial charge in [0.2, 0.25) is 0 Å². The molecule has 7 nitrogen and oxygen atoms in total. The van der Waals surface area contributed by atoms with E-state index in [0.29, 0.717) is 6.42 Å². The van der Waals surface area contributed by atoms with E-state index < -0.39 is 17.9 Å². The molecule has 116 valence electrons. The number of amides is 1. The van der Waals surface area contributed by atoms with E-state index in [0.717, 1.165) is 18.5 Å². The molecule has 0 saturated carbocycles. The lowest BCUT2D eigenvalue weighted by Crippen LogP contribution is -2.40. The average Bonchev–Trinajstić information content (AvgIpc) is 3.02. The van der Waals surface area contributed by atoms with Gasteiger partial charge in [-0.1, -0.05) is 38.0 Å². The lowest BCUT2D eigenvalue weighted by Gasteiger charge is -2.12. The minimum absolute atomic E-state index is 0.0894. The number of carbonyl (C=O) groups is 2. The first kappa shape index (κ1) is 15.7. The lowest BCUT2D eigenvalue weighted by atomic mass is 10.1. The van der Waals surface area contributed by atoms with Gasteiger partial charge in [-0.15, -0.1) is 5.10 Å². The molecule has 0 fully saturated rings. The van der Waals surface area contributed by atoms with Crippen LogP contribution in [-0.2, 0) is 4.79 Å². The SMILES string of the molecule is CCCCC(NC(=O)c1cnn(-c2ccccc2)n1)C(=O)O. The number of rotatable bonds is 7. The summed E-state index contributed by atoms with van der Waals surface area (Å²) in [6.45, 7) is 1.96. The van der Waals surface area contributed by atoms with E-state index in [4.69, 9.17) is 5.11 Å². The molecule has 2 N–H and O–H groups in total. The first-order valence-electron chi connectivity index (χ1n) is 7.13. The van der Waals surface area contributed by atoms with Crippen LogP contribution >= 0.6 is 0 Å². The number of benzene rings is 1. The number of carboxylic acids is 1. The normalized spacial score (nSPS) is 11.9. The molecule has 1 atom stereocenters. The van der Waals surface area contributed by atoms with E-state index in [1.807, 2.05) is 37.3 Å². The predicted molar refractivity (Wildman–Crippen MR) is 79.8 cm³/mol. The summed E-state index contributed by atoms with van der Waals surface area (Å²) < 4.78 is 0. The quantitative estimate of drug-likeness (QED) is 0.810. The van der Waals surface area contributed by atoms with E-state index >= 15 is 0 Å². The van der Waals surface area contributed by atoms with Crippen LogP contribution in [0.15, 0.2) is 36.5 Å². The third kappa shape index (κ3) is 3.91. The molecule has 0 aliphatic rings. The highest BCUT2D eigenvalue weighted by molar-refractivity contribution is 5.94. The van der Waals surface area contributed by atoms with Gasteiger partial charge in [0.1, 0.15) is 6.04 Å². The van der Waals surface area contributed by atoms with Crippen LogP contribution in [-0.4, -0.2) is 38.0 Å². The number of nitrogens with one attached hydrogen (secondary N) is 1. The standard InChI is InChI=1S/C15H18N4O3/c1-2-3-9-12(15(21)22)17-14(20)13-10-16-19(18-13)11-7-5-4-6-8-11/h4-8,10,12H,2-3,9H2,1H3,(H,17,20)(H,21,22). The van der Waals surface area contributed by atoms with Gasteiger partial charge in [-0.25, -0.2) is 4.79 Å². The Morgan fingerprint density at radius 1 is 1.32 bits per heavy atom. The Morgan fingerprint density at radius 3 is 2.68 bits per heavy atom. The molecule has 1 heterocycles. The predicted octanol–water partition coefficient (Wildman–Crippen LogP) is 1.64. The Balaban J connectivity index is 2.06. The van der Waals surface area contributed by atoms with Crippen LogP contribution in [0.3, 0.4) is 0 Å². The van der Waals surface area contributed by atoms with Crippen LogP contribution < -0.4 is 5.32 Å². The molecule has 0 spiro atoms. The smallest absolute Gasteiger partial charge is 0.326 e. The summed E-state index contributed by atoms with van der Waals surface area (Å²) in [6, 6.07) is 8.25. The number of hydrogen-bond acceptors (Lipinski definition) is 4. The molecule has 1 aromatic carbocycles. The number of nitrogens with zero attached hydrogens (tertiary/aromatic N) is 3. The summed E-state index contributed by atoms with van der Waals surface area (Å²) in [4.78, 5) is 24.6. The molecule has 1 aromatic heterocycles. The van der Waals surface area contributed by atoms with E-state index in [1.54, 1.807) is 0 Å². The maximum Gasteiger partial charge on any atom is 0.326 e. The van der Waals surface area contributed by atoms with E-state index in [-0.39, 0.29) is 5.69 Å². The number of carboxylic acid groups (broad SMARTS) is 1. The molecule has 0 saturated heterocycles. The zero-order valence-electron chi connectivity index (χ0n) is 12.3. The zero-order chi connectivity index (χ0) is 15.9. The van der Waals surface area contributed by atoms with Crippen molar-refractivity contribution in [3.63, 3.8) is 0 Å². The molecule has 0 bridgehead atoms. The third-order valence-electron chi connectivity index (χ3n) is 3.16. The topological polar surface area (TPSA) is 97.1 Å². The Kier molecular flexibility index (Phi) is 5.24. The fourth-order valence-corrected chi connectivity index (χ4v) is 1.95. The van der Waals surface area contributed by atoms with Crippen LogP contribution in [0.2, 0.25) is 0 Å². The first-order chi connectivity index (χ1) is 10.6. The molecule has 0 aliphatic heterocycles. The molecule has 1 unspecified atom stereocenters. The minimum Gasteiger partial charge on any atom is -0.480 e. The highest BCUT2D eigenvalue weighted by Gasteiger charge is 2.21. The third-order valence-corrected chi connectivity index (χ3v) is 3.16. The van der Waals surface area contributed by atoms with Gasteiger partial charge in [-0.3, -0.25) is 4.79 Å². The van der Waals surface area contributed by atoms with Crippen LogP contribution in [0.25, 0.3) is 5.69 Å². The second kappa shape index (κ2) is 7.35. The molecule has 0 aliphatic carbocycles. The number of aromatic nitrogens is 3. The van der Waals surface area contributed by atoms with Crippen molar-refractivity contribution in [1.29, 1.82) is 0 Å². The van der Waals surface area contributed by atoms with Crippen LogP contribution in [0, 0.1) is 0 Å². The molecule has 2 aromatic rings. The van der Waals surface area contributed by atoms with Crippen LogP contribution in [0.1, 0.15) is 36.7 Å². The average molecular weight is 302 g/mol. The minimum atomic E-state index is -1.04. The molecule has 1 amide bonds. The second-order valence-corrected chi connectivity index (χ2v) is 4.86. The van der Waals surface area contributed by atoms with Gasteiger partial charge in [-0.2, -0.15) is 9.90 Å². The number of carbonyl (C=O) groups excluding carboxylic acids is 1. The summed E-state index contributed by atoms with van der Waals surface area (Å²) >= 11 is 0. The van der Waals surface area contributed by atoms with Gasteiger partial charge in [-0.05, 0) is 18.6 Å². The van der Waals surface area contributed by atoms with Crippen molar-refractivity contribution in [1.82, 2.24) is 20.3 Å². The highest BCUT2D eigenvalue weighted by atomic mass is 16.4. The van der Waals surface area contributed by atoms with Gasteiger partial charge < -0.3 is 10.4 Å². The Labute approximate surface area is 128 Å². The van der Waals surface area contributed by atoms with Crippen molar-refractivity contribution in [2.45, 2.75) is 32.2 Å². The lowest BCUT2D eigenvalue weighted by molar-refractivity contribution is -0.139. The van der Waals surface area contributed by atoms with Gasteiger partial charge in [0.15, 0.2) is 5.69 Å². The van der Waals surface area contributed by atoms with Crippen molar-refractivity contribution in [3.05, 3.63) is 42.2 Å². The first-order valence-corrected chi connectivity index (χ1v) is 7.13. The summed E-state index contributed by atoms with van der Waals surface area (Å²) in [6.07, 6.45) is 3.31. The van der Waals surface area contributed by atoms with Gasteiger partial charge in [0.25, 0.3) is 5.91 Å². The van der Waals surface area contributed by atoms with Crippen molar-refractivity contribution >= 4 is 11.9 Å². The maximum atomic E-state index is 12.1. The molecule has 2 rings (SSSR count). The maximum absolute atomic E-state index is 12.1. The van der Waals surface area contributed by atoms with E-state index in [2.05, 4.69) is 15.5 Å². The number of unbranched alkanes of at least 4 members (excludes halogenated alkanes) is 1. The highest BCUT2D eigenvalue weighted by Crippen LogP contribution is 2.06. The Bertz CT molecular complexity index is 639. The van der Waals surface area contributed by atoms with Gasteiger partial charge in [0, 0.05) is 0 Å². The van der Waals surface area contributed by atoms with Crippen molar-refractivity contribution in [2.75, 3.05) is 0 Å². The Morgan fingerprint density at radius 2 is 2.05 bits per heavy atom. The largest absolute Gasteiger partial charge is 0.480 e. The van der Waals surface area contributed by atoms with E-state index in [1.165, 1.54) is 11.0 Å². The second-order valence-electron chi connectivity index (χ2n) is 4.86. The Hall–Kier alpha value is -2.70. The summed E-state index contributed by atoms with van der Waals surface area (Å²) in [5.41, 5.74) is 0.814.